The molecule has 0 radical (unpaired) electrons. The van der Waals surface area contributed by atoms with Crippen molar-refractivity contribution in [3.05, 3.63) is 29.6 Å². The van der Waals surface area contributed by atoms with Gasteiger partial charge in [0.2, 0.25) is 0 Å². The molecule has 1 aliphatic rings. The number of anilines is 1. The standard InChI is InChI=1S/C12H16FN3.ClH/c13-10-7-8(12(14)15)5-6-11(10)16-9-3-1-2-4-9;/h5-7,9,16H,1-4H2,(H3,14,15);1H. The summed E-state index contributed by atoms with van der Waals surface area (Å²) in [5.74, 6) is -0.439. The molecule has 0 aliphatic heterocycles. The minimum absolute atomic E-state index is 0. The van der Waals surface area contributed by atoms with Crippen molar-refractivity contribution in [1.82, 2.24) is 0 Å². The molecular weight excluding hydrogens is 241 g/mol. The number of hydrogen-bond acceptors (Lipinski definition) is 2. The molecule has 0 atom stereocenters. The molecule has 94 valence electrons. The summed E-state index contributed by atoms with van der Waals surface area (Å²) >= 11 is 0. The van der Waals surface area contributed by atoms with Gasteiger partial charge in [0.25, 0.3) is 0 Å². The molecule has 1 fully saturated rings. The number of halogens is 2. The first-order valence-electron chi connectivity index (χ1n) is 5.57. The van der Waals surface area contributed by atoms with Gasteiger partial charge in [-0.1, -0.05) is 12.8 Å². The van der Waals surface area contributed by atoms with Crippen molar-refractivity contribution in [2.24, 2.45) is 5.73 Å². The van der Waals surface area contributed by atoms with Crippen LogP contribution in [0.1, 0.15) is 31.2 Å². The second-order valence-corrected chi connectivity index (χ2v) is 4.23. The molecule has 0 unspecified atom stereocenters. The van der Waals surface area contributed by atoms with E-state index in [2.05, 4.69) is 5.32 Å². The van der Waals surface area contributed by atoms with Gasteiger partial charge in [0, 0.05) is 11.6 Å². The van der Waals surface area contributed by atoms with Crippen LogP contribution in [0.3, 0.4) is 0 Å². The molecule has 5 heteroatoms. The highest BCUT2D eigenvalue weighted by molar-refractivity contribution is 5.95. The van der Waals surface area contributed by atoms with Gasteiger partial charge in [-0.15, -0.1) is 12.4 Å². The van der Waals surface area contributed by atoms with E-state index in [-0.39, 0.29) is 24.1 Å². The third-order valence-electron chi connectivity index (χ3n) is 2.99. The molecule has 1 aromatic rings. The lowest BCUT2D eigenvalue weighted by molar-refractivity contribution is 0.624. The van der Waals surface area contributed by atoms with E-state index in [0.29, 0.717) is 17.3 Å². The second kappa shape index (κ2) is 5.87. The molecular formula is C12H17ClFN3. The van der Waals surface area contributed by atoms with Crippen molar-refractivity contribution >= 4 is 23.9 Å². The number of nitrogen functional groups attached to an aromatic ring is 1. The first-order chi connectivity index (χ1) is 7.66. The van der Waals surface area contributed by atoms with E-state index in [1.165, 1.54) is 18.9 Å². The van der Waals surface area contributed by atoms with Crippen molar-refractivity contribution in [3.8, 4) is 0 Å². The minimum Gasteiger partial charge on any atom is -0.384 e. The van der Waals surface area contributed by atoms with Crippen molar-refractivity contribution in [3.63, 3.8) is 0 Å². The second-order valence-electron chi connectivity index (χ2n) is 4.23. The van der Waals surface area contributed by atoms with Crippen LogP contribution >= 0.6 is 12.4 Å². The summed E-state index contributed by atoms with van der Waals surface area (Å²) in [6.45, 7) is 0. The van der Waals surface area contributed by atoms with E-state index in [9.17, 15) is 4.39 Å². The molecule has 1 aromatic carbocycles. The summed E-state index contributed by atoms with van der Waals surface area (Å²) in [6.07, 6.45) is 4.64. The lowest BCUT2D eigenvalue weighted by Gasteiger charge is -2.14. The van der Waals surface area contributed by atoms with Gasteiger partial charge in [0.15, 0.2) is 0 Å². The lowest BCUT2D eigenvalue weighted by Crippen LogP contribution is -2.16. The Bertz CT molecular complexity index is 403. The van der Waals surface area contributed by atoms with E-state index in [0.717, 1.165) is 12.8 Å². The predicted molar refractivity (Wildman–Crippen MR) is 70.5 cm³/mol. The van der Waals surface area contributed by atoms with Crippen LogP contribution in [0.4, 0.5) is 10.1 Å². The van der Waals surface area contributed by atoms with E-state index >= 15 is 0 Å². The van der Waals surface area contributed by atoms with Crippen LogP contribution < -0.4 is 11.1 Å². The molecule has 0 heterocycles. The maximum absolute atomic E-state index is 13.6. The number of amidine groups is 1. The van der Waals surface area contributed by atoms with Gasteiger partial charge in [-0.2, -0.15) is 0 Å². The zero-order valence-electron chi connectivity index (χ0n) is 9.50. The molecule has 2 rings (SSSR count). The normalized spacial score (nSPS) is 15.4. The zero-order chi connectivity index (χ0) is 11.5. The van der Waals surface area contributed by atoms with Crippen LogP contribution in [0.2, 0.25) is 0 Å². The van der Waals surface area contributed by atoms with Crippen LogP contribution in [-0.4, -0.2) is 11.9 Å². The average Bonchev–Trinajstić information content (AvgIpc) is 2.73. The number of nitrogens with one attached hydrogen (secondary N) is 2. The molecule has 0 amide bonds. The first-order valence-corrected chi connectivity index (χ1v) is 5.57. The Morgan fingerprint density at radius 3 is 2.53 bits per heavy atom. The summed E-state index contributed by atoms with van der Waals surface area (Å²) in [7, 11) is 0. The highest BCUT2D eigenvalue weighted by Gasteiger charge is 2.16. The molecule has 3 nitrogen and oxygen atoms in total. The third-order valence-corrected chi connectivity index (χ3v) is 2.99. The van der Waals surface area contributed by atoms with Gasteiger partial charge in [-0.25, -0.2) is 4.39 Å². The van der Waals surface area contributed by atoms with Crippen molar-refractivity contribution in [1.29, 1.82) is 5.41 Å². The molecule has 1 aliphatic carbocycles. The van der Waals surface area contributed by atoms with Crippen LogP contribution in [0.25, 0.3) is 0 Å². The Morgan fingerprint density at radius 1 is 1.35 bits per heavy atom. The Labute approximate surface area is 107 Å². The molecule has 0 saturated heterocycles. The molecule has 0 spiro atoms. The van der Waals surface area contributed by atoms with Crippen LogP contribution in [0, 0.1) is 11.2 Å². The maximum atomic E-state index is 13.6. The van der Waals surface area contributed by atoms with Crippen LogP contribution in [0.5, 0.6) is 0 Å². The third kappa shape index (κ3) is 3.33. The molecule has 1 saturated carbocycles. The number of hydrogen-bond donors (Lipinski definition) is 3. The summed E-state index contributed by atoms with van der Waals surface area (Å²) in [5.41, 5.74) is 6.23. The van der Waals surface area contributed by atoms with Gasteiger partial charge >= 0.3 is 0 Å². The predicted octanol–water partition coefficient (Wildman–Crippen LogP) is 2.89. The van der Waals surface area contributed by atoms with Crippen molar-refractivity contribution in [2.75, 3.05) is 5.32 Å². The van der Waals surface area contributed by atoms with Gasteiger partial charge < -0.3 is 11.1 Å². The molecule has 0 bridgehead atoms. The van der Waals surface area contributed by atoms with Crippen LogP contribution in [0.15, 0.2) is 18.2 Å². The van der Waals surface area contributed by atoms with E-state index in [4.69, 9.17) is 11.1 Å². The summed E-state index contributed by atoms with van der Waals surface area (Å²) in [4.78, 5) is 0. The topological polar surface area (TPSA) is 61.9 Å². The van der Waals surface area contributed by atoms with Crippen molar-refractivity contribution < 1.29 is 4.39 Å². The molecule has 17 heavy (non-hydrogen) atoms. The number of rotatable bonds is 3. The van der Waals surface area contributed by atoms with Gasteiger partial charge in [-0.3, -0.25) is 5.41 Å². The average molecular weight is 258 g/mol. The van der Waals surface area contributed by atoms with Crippen LogP contribution in [-0.2, 0) is 0 Å². The fourth-order valence-electron chi connectivity index (χ4n) is 2.09. The SMILES string of the molecule is Cl.N=C(N)c1ccc(NC2CCCC2)c(F)c1. The quantitative estimate of drug-likeness (QED) is 0.576. The van der Waals surface area contributed by atoms with Crippen molar-refractivity contribution in [2.45, 2.75) is 31.7 Å². The molecule has 0 aromatic heterocycles. The maximum Gasteiger partial charge on any atom is 0.147 e. The lowest BCUT2D eigenvalue weighted by atomic mass is 10.1. The van der Waals surface area contributed by atoms with Gasteiger partial charge in [0.05, 0.1) is 5.69 Å². The fraction of sp³-hybridized carbons (Fsp3) is 0.417. The Balaban J connectivity index is 0.00000144. The molecule has 4 N–H and O–H groups in total. The largest absolute Gasteiger partial charge is 0.384 e. The van der Waals surface area contributed by atoms with E-state index < -0.39 is 0 Å². The van der Waals surface area contributed by atoms with E-state index in [1.54, 1.807) is 12.1 Å². The number of nitrogens with two attached hydrogens (primary N) is 1. The van der Waals surface area contributed by atoms with E-state index in [1.807, 2.05) is 0 Å². The summed E-state index contributed by atoms with van der Waals surface area (Å²) < 4.78 is 13.6. The summed E-state index contributed by atoms with van der Waals surface area (Å²) in [5, 5.41) is 10.4. The first kappa shape index (κ1) is 13.8. The monoisotopic (exact) mass is 257 g/mol. The highest BCUT2D eigenvalue weighted by atomic mass is 35.5. The minimum atomic E-state index is -0.334. The van der Waals surface area contributed by atoms with Gasteiger partial charge in [-0.05, 0) is 31.0 Å². The fourth-order valence-corrected chi connectivity index (χ4v) is 2.09. The Hall–Kier alpha value is -1.29. The van der Waals surface area contributed by atoms with Gasteiger partial charge in [0.1, 0.15) is 11.7 Å². The highest BCUT2D eigenvalue weighted by Crippen LogP contribution is 2.24. The zero-order valence-corrected chi connectivity index (χ0v) is 10.3. The summed E-state index contributed by atoms with van der Waals surface area (Å²) in [6, 6.07) is 5.02. The smallest absolute Gasteiger partial charge is 0.147 e. The number of benzene rings is 1. The Morgan fingerprint density at radius 2 is 2.00 bits per heavy atom. The Kier molecular flexibility index (Phi) is 4.75.